The maximum atomic E-state index is 9.67. The molecule has 4 aliphatic carbocycles. The maximum absolute atomic E-state index is 9.67. The van der Waals surface area contributed by atoms with Crippen molar-refractivity contribution in [1.29, 1.82) is 0 Å². The lowest BCUT2D eigenvalue weighted by Gasteiger charge is -2.57. The SMILES string of the molecule is O[C@H]1CCN(CC23CC4CC(CC(C4)C2)C3)C1. The highest BCUT2D eigenvalue weighted by molar-refractivity contribution is 5.03. The van der Waals surface area contributed by atoms with Crippen LogP contribution < -0.4 is 0 Å². The molecule has 5 fully saturated rings. The van der Waals surface area contributed by atoms with Crippen molar-refractivity contribution >= 4 is 0 Å². The molecule has 4 bridgehead atoms. The van der Waals surface area contributed by atoms with Crippen molar-refractivity contribution in [2.24, 2.45) is 23.2 Å². The van der Waals surface area contributed by atoms with E-state index in [1.54, 1.807) is 19.3 Å². The molecule has 5 aliphatic rings. The van der Waals surface area contributed by atoms with E-state index in [1.165, 1.54) is 25.8 Å². The number of likely N-dealkylation sites (tertiary alicyclic amines) is 1. The molecule has 1 atom stereocenters. The molecule has 0 unspecified atom stereocenters. The van der Waals surface area contributed by atoms with Gasteiger partial charge in [-0.1, -0.05) is 0 Å². The quantitative estimate of drug-likeness (QED) is 0.793. The van der Waals surface area contributed by atoms with Crippen LogP contribution in [0.3, 0.4) is 0 Å². The van der Waals surface area contributed by atoms with Crippen molar-refractivity contribution in [1.82, 2.24) is 4.90 Å². The average Bonchev–Trinajstić information content (AvgIpc) is 2.60. The van der Waals surface area contributed by atoms with Gasteiger partial charge in [0, 0.05) is 19.6 Å². The Balaban J connectivity index is 1.49. The van der Waals surface area contributed by atoms with Crippen LogP contribution in [0, 0.1) is 23.2 Å². The van der Waals surface area contributed by atoms with E-state index in [0.717, 1.165) is 37.3 Å². The molecule has 2 nitrogen and oxygen atoms in total. The fourth-order valence-corrected chi connectivity index (χ4v) is 5.91. The number of nitrogens with zero attached hydrogens (tertiary/aromatic N) is 1. The molecule has 0 aromatic rings. The van der Waals surface area contributed by atoms with Gasteiger partial charge in [0.2, 0.25) is 0 Å². The largest absolute Gasteiger partial charge is 0.392 e. The summed E-state index contributed by atoms with van der Waals surface area (Å²) in [6, 6.07) is 0. The van der Waals surface area contributed by atoms with Crippen molar-refractivity contribution in [3.05, 3.63) is 0 Å². The van der Waals surface area contributed by atoms with Gasteiger partial charge in [-0.15, -0.1) is 0 Å². The van der Waals surface area contributed by atoms with Crippen molar-refractivity contribution in [3.63, 3.8) is 0 Å². The summed E-state index contributed by atoms with van der Waals surface area (Å²) in [5.41, 5.74) is 0.665. The summed E-state index contributed by atoms with van der Waals surface area (Å²) in [7, 11) is 0. The maximum Gasteiger partial charge on any atom is 0.0679 e. The third kappa shape index (κ3) is 1.84. The van der Waals surface area contributed by atoms with Gasteiger partial charge in [-0.05, 0) is 68.1 Å². The third-order valence-corrected chi connectivity index (χ3v) is 5.97. The molecule has 0 radical (unpaired) electrons. The number of β-amino-alcohol motifs (C(OH)–C–C–N with tert-alkyl or cyclic N) is 1. The summed E-state index contributed by atoms with van der Waals surface area (Å²) in [6.07, 6.45) is 10.1. The van der Waals surface area contributed by atoms with Crippen LogP contribution in [0.2, 0.25) is 0 Å². The molecule has 1 aliphatic heterocycles. The molecule has 0 aromatic carbocycles. The van der Waals surface area contributed by atoms with Crippen molar-refractivity contribution in [2.75, 3.05) is 19.6 Å². The minimum atomic E-state index is -0.0380. The lowest BCUT2D eigenvalue weighted by atomic mass is 9.49. The van der Waals surface area contributed by atoms with E-state index >= 15 is 0 Å². The molecule has 5 rings (SSSR count). The first-order chi connectivity index (χ1) is 8.21. The molecule has 96 valence electrons. The number of hydrogen-bond acceptors (Lipinski definition) is 2. The zero-order valence-electron chi connectivity index (χ0n) is 10.8. The summed E-state index contributed by atoms with van der Waals surface area (Å²) >= 11 is 0. The number of hydrogen-bond donors (Lipinski definition) is 1. The number of aliphatic hydroxyl groups excluding tert-OH is 1. The van der Waals surface area contributed by atoms with Crippen LogP contribution in [0.15, 0.2) is 0 Å². The molecule has 1 saturated heterocycles. The Hall–Kier alpha value is -0.0800. The van der Waals surface area contributed by atoms with Crippen molar-refractivity contribution in [2.45, 2.75) is 51.0 Å². The van der Waals surface area contributed by atoms with Crippen LogP contribution in [0.4, 0.5) is 0 Å². The lowest BCUT2D eigenvalue weighted by Crippen LogP contribution is -2.51. The Kier molecular flexibility index (Phi) is 2.36. The first kappa shape index (κ1) is 10.8. The van der Waals surface area contributed by atoms with Gasteiger partial charge in [0.25, 0.3) is 0 Å². The standard InChI is InChI=1S/C15H25NO/c17-14-1-2-16(9-14)10-15-6-11-3-12(7-15)5-13(4-11)8-15/h11-14,17H,1-10H2/t11?,12?,13?,14-,15?/m0/s1. The second kappa shape index (κ2) is 3.71. The monoisotopic (exact) mass is 235 g/mol. The Morgan fingerprint density at radius 3 is 2.06 bits per heavy atom. The Labute approximate surface area is 104 Å². The van der Waals surface area contributed by atoms with Crippen molar-refractivity contribution in [3.8, 4) is 0 Å². The molecule has 4 saturated carbocycles. The van der Waals surface area contributed by atoms with Crippen molar-refractivity contribution < 1.29 is 5.11 Å². The molecule has 1 N–H and O–H groups in total. The minimum Gasteiger partial charge on any atom is -0.392 e. The Morgan fingerprint density at radius 1 is 1.00 bits per heavy atom. The van der Waals surface area contributed by atoms with Gasteiger partial charge in [0.15, 0.2) is 0 Å². The van der Waals surface area contributed by atoms with Crippen LogP contribution in [0.5, 0.6) is 0 Å². The van der Waals surface area contributed by atoms with E-state index in [1.807, 2.05) is 0 Å². The highest BCUT2D eigenvalue weighted by atomic mass is 16.3. The Morgan fingerprint density at radius 2 is 1.59 bits per heavy atom. The fraction of sp³-hybridized carbons (Fsp3) is 1.00. The summed E-state index contributed by atoms with van der Waals surface area (Å²) in [5.74, 6) is 3.19. The average molecular weight is 235 g/mol. The zero-order valence-corrected chi connectivity index (χ0v) is 10.8. The smallest absolute Gasteiger partial charge is 0.0679 e. The van der Waals surface area contributed by atoms with E-state index in [2.05, 4.69) is 4.90 Å². The number of aliphatic hydroxyl groups is 1. The summed E-state index contributed by atoms with van der Waals surface area (Å²) < 4.78 is 0. The Bertz CT molecular complexity index is 279. The molecular formula is C15H25NO. The molecule has 1 heterocycles. The van der Waals surface area contributed by atoms with E-state index in [9.17, 15) is 5.11 Å². The summed E-state index contributed by atoms with van der Waals surface area (Å²) in [6.45, 7) is 3.39. The molecule has 0 aromatic heterocycles. The van der Waals surface area contributed by atoms with E-state index in [0.29, 0.717) is 5.41 Å². The molecule has 2 heteroatoms. The third-order valence-electron chi connectivity index (χ3n) is 5.97. The van der Waals surface area contributed by atoms with Gasteiger partial charge in [0.1, 0.15) is 0 Å². The topological polar surface area (TPSA) is 23.5 Å². The van der Waals surface area contributed by atoms with Crippen LogP contribution in [-0.4, -0.2) is 35.7 Å². The first-order valence-electron chi connectivity index (χ1n) is 7.61. The summed E-state index contributed by atoms with van der Waals surface area (Å²) in [5, 5.41) is 9.67. The van der Waals surface area contributed by atoms with E-state index < -0.39 is 0 Å². The highest BCUT2D eigenvalue weighted by Crippen LogP contribution is 2.60. The van der Waals surface area contributed by atoms with Crippen LogP contribution >= 0.6 is 0 Å². The molecule has 0 amide bonds. The van der Waals surface area contributed by atoms with E-state index in [-0.39, 0.29) is 6.10 Å². The van der Waals surface area contributed by atoms with Gasteiger partial charge >= 0.3 is 0 Å². The second-order valence-corrected chi connectivity index (χ2v) is 7.60. The van der Waals surface area contributed by atoms with Crippen LogP contribution in [0.1, 0.15) is 44.9 Å². The van der Waals surface area contributed by atoms with Gasteiger partial charge in [-0.3, -0.25) is 0 Å². The second-order valence-electron chi connectivity index (χ2n) is 7.60. The predicted molar refractivity (Wildman–Crippen MR) is 67.7 cm³/mol. The molecule has 17 heavy (non-hydrogen) atoms. The van der Waals surface area contributed by atoms with Gasteiger partial charge < -0.3 is 10.0 Å². The van der Waals surface area contributed by atoms with Gasteiger partial charge in [0.05, 0.1) is 6.10 Å². The predicted octanol–water partition coefficient (Wildman–Crippen LogP) is 2.27. The first-order valence-corrected chi connectivity index (χ1v) is 7.61. The van der Waals surface area contributed by atoms with E-state index in [4.69, 9.17) is 0 Å². The fourth-order valence-electron chi connectivity index (χ4n) is 5.91. The minimum absolute atomic E-state index is 0.0380. The molecular weight excluding hydrogens is 210 g/mol. The lowest BCUT2D eigenvalue weighted by molar-refractivity contribution is -0.0673. The van der Waals surface area contributed by atoms with Gasteiger partial charge in [-0.25, -0.2) is 0 Å². The molecule has 0 spiro atoms. The summed E-state index contributed by atoms with van der Waals surface area (Å²) in [4.78, 5) is 2.55. The van der Waals surface area contributed by atoms with Gasteiger partial charge in [-0.2, -0.15) is 0 Å². The zero-order chi connectivity index (χ0) is 11.5. The normalized spacial score (nSPS) is 53.5. The van der Waals surface area contributed by atoms with Crippen LogP contribution in [0.25, 0.3) is 0 Å². The van der Waals surface area contributed by atoms with Crippen LogP contribution in [-0.2, 0) is 0 Å². The highest BCUT2D eigenvalue weighted by Gasteiger charge is 2.51. The number of rotatable bonds is 2.